The van der Waals surface area contributed by atoms with Crippen molar-refractivity contribution < 1.29 is 0 Å². The van der Waals surface area contributed by atoms with E-state index < -0.39 is 0 Å². The summed E-state index contributed by atoms with van der Waals surface area (Å²) < 4.78 is 2.52. The monoisotopic (exact) mass is 717 g/mol. The Labute approximate surface area is 321 Å². The van der Waals surface area contributed by atoms with Crippen LogP contribution in [0.2, 0.25) is 0 Å². The number of thiophene rings is 1. The lowest BCUT2D eigenvalue weighted by Gasteiger charge is -2.11. The first-order chi connectivity index (χ1) is 27.2. The molecule has 0 bridgehead atoms. The standard InChI is InChI=1S/C51H31N3S/c1-3-11-32(12-4-1)33-19-21-34(22-20-33)35-23-25-37(26-24-35)50-52-49(36-13-5-2-6-14-36)53-51(54-50)38-27-28-47-45(29-38)46-30-43-41-17-9-7-15-39(41)40-16-8-10-18-42(40)44(43)31-48(46)55-47/h1-31H. The van der Waals surface area contributed by atoms with Gasteiger partial charge in [0.25, 0.3) is 0 Å². The maximum absolute atomic E-state index is 5.12. The number of nitrogens with zero attached hydrogens (tertiary/aromatic N) is 3. The molecule has 3 nitrogen and oxygen atoms in total. The molecule has 0 saturated carbocycles. The zero-order valence-corrected chi connectivity index (χ0v) is 30.5. The fourth-order valence-corrected chi connectivity index (χ4v) is 9.07. The van der Waals surface area contributed by atoms with Gasteiger partial charge in [-0.2, -0.15) is 0 Å². The van der Waals surface area contributed by atoms with Crippen molar-refractivity contribution in [2.45, 2.75) is 0 Å². The Morgan fingerprint density at radius 2 is 0.600 bits per heavy atom. The SMILES string of the molecule is c1ccc(-c2ccc(-c3ccc(-c4nc(-c5ccccc5)nc(-c5ccc6sc7cc8c9ccccc9c9ccccc9c8cc7c6c5)n4)cc3)cc2)cc1. The molecule has 0 radical (unpaired) electrons. The molecule has 0 aliphatic heterocycles. The molecular formula is C51H31N3S. The lowest BCUT2D eigenvalue weighted by Crippen LogP contribution is -2.00. The van der Waals surface area contributed by atoms with Crippen molar-refractivity contribution in [3.05, 3.63) is 188 Å². The van der Waals surface area contributed by atoms with Crippen molar-refractivity contribution in [3.8, 4) is 56.4 Å². The Morgan fingerprint density at radius 1 is 0.236 bits per heavy atom. The number of hydrogen-bond acceptors (Lipinski definition) is 4. The smallest absolute Gasteiger partial charge is 0.164 e. The average molecular weight is 718 g/mol. The second-order valence-electron chi connectivity index (χ2n) is 14.0. The van der Waals surface area contributed by atoms with Gasteiger partial charge in [0.05, 0.1) is 0 Å². The van der Waals surface area contributed by atoms with Crippen molar-refractivity contribution in [3.63, 3.8) is 0 Å². The summed E-state index contributed by atoms with van der Waals surface area (Å²) >= 11 is 1.84. The lowest BCUT2D eigenvalue weighted by molar-refractivity contribution is 1.07. The Balaban J connectivity index is 1.02. The average Bonchev–Trinajstić information content (AvgIpc) is 3.63. The number of benzene rings is 9. The summed E-state index contributed by atoms with van der Waals surface area (Å²) in [7, 11) is 0. The van der Waals surface area contributed by atoms with Crippen molar-refractivity contribution in [2.24, 2.45) is 0 Å². The van der Waals surface area contributed by atoms with E-state index >= 15 is 0 Å². The van der Waals surface area contributed by atoms with E-state index in [0.717, 1.165) is 27.8 Å². The van der Waals surface area contributed by atoms with Gasteiger partial charge in [-0.1, -0.05) is 158 Å². The minimum absolute atomic E-state index is 0.648. The molecule has 11 rings (SSSR count). The highest BCUT2D eigenvalue weighted by molar-refractivity contribution is 7.25. The van der Waals surface area contributed by atoms with E-state index in [0.29, 0.717) is 17.5 Å². The molecule has 0 amide bonds. The van der Waals surface area contributed by atoms with Crippen LogP contribution in [-0.2, 0) is 0 Å². The molecule has 0 fully saturated rings. The molecule has 9 aromatic carbocycles. The van der Waals surface area contributed by atoms with Gasteiger partial charge in [-0.15, -0.1) is 11.3 Å². The van der Waals surface area contributed by atoms with Crippen LogP contribution in [0, 0.1) is 0 Å². The minimum Gasteiger partial charge on any atom is -0.208 e. The largest absolute Gasteiger partial charge is 0.208 e. The topological polar surface area (TPSA) is 38.7 Å². The van der Waals surface area contributed by atoms with Gasteiger partial charge >= 0.3 is 0 Å². The molecule has 0 unspecified atom stereocenters. The van der Waals surface area contributed by atoms with Crippen LogP contribution in [0.15, 0.2) is 188 Å². The zero-order chi connectivity index (χ0) is 36.3. The molecular weight excluding hydrogens is 687 g/mol. The molecule has 55 heavy (non-hydrogen) atoms. The van der Waals surface area contributed by atoms with E-state index in [1.165, 1.54) is 63.6 Å². The van der Waals surface area contributed by atoms with E-state index in [1.807, 2.05) is 35.6 Å². The third kappa shape index (κ3) is 5.46. The van der Waals surface area contributed by atoms with E-state index in [4.69, 9.17) is 15.0 Å². The maximum Gasteiger partial charge on any atom is 0.164 e. The Kier molecular flexibility index (Phi) is 7.35. The molecule has 0 atom stereocenters. The highest BCUT2D eigenvalue weighted by atomic mass is 32.1. The summed E-state index contributed by atoms with van der Waals surface area (Å²) in [5.74, 6) is 1.96. The third-order valence-electron chi connectivity index (χ3n) is 10.7. The molecule has 11 aromatic rings. The van der Waals surface area contributed by atoms with Crippen LogP contribution in [0.5, 0.6) is 0 Å². The zero-order valence-electron chi connectivity index (χ0n) is 29.6. The molecule has 0 aliphatic rings. The van der Waals surface area contributed by atoms with Crippen molar-refractivity contribution in [1.29, 1.82) is 0 Å². The summed E-state index contributed by atoms with van der Waals surface area (Å²) in [5, 5.41) is 10.2. The van der Waals surface area contributed by atoms with Crippen LogP contribution in [0.1, 0.15) is 0 Å². The molecule has 0 saturated heterocycles. The van der Waals surface area contributed by atoms with Crippen molar-refractivity contribution >= 4 is 63.8 Å². The van der Waals surface area contributed by atoms with Crippen molar-refractivity contribution in [1.82, 2.24) is 15.0 Å². The van der Waals surface area contributed by atoms with Gasteiger partial charge in [-0.05, 0) is 84.9 Å². The van der Waals surface area contributed by atoms with Crippen LogP contribution >= 0.6 is 11.3 Å². The first-order valence-electron chi connectivity index (χ1n) is 18.5. The Hall–Kier alpha value is -7.01. The van der Waals surface area contributed by atoms with Gasteiger partial charge in [0, 0.05) is 36.9 Å². The van der Waals surface area contributed by atoms with E-state index in [-0.39, 0.29) is 0 Å². The van der Waals surface area contributed by atoms with Gasteiger partial charge in [0.2, 0.25) is 0 Å². The fourth-order valence-electron chi connectivity index (χ4n) is 7.96. The Bertz CT molecular complexity index is 3220. The second-order valence-corrected chi connectivity index (χ2v) is 15.1. The van der Waals surface area contributed by atoms with E-state index in [9.17, 15) is 0 Å². The number of fused-ring (bicyclic) bond motifs is 9. The highest BCUT2D eigenvalue weighted by Crippen LogP contribution is 2.42. The van der Waals surface area contributed by atoms with Crippen LogP contribution in [0.4, 0.5) is 0 Å². The summed E-state index contributed by atoms with van der Waals surface area (Å²) in [6, 6.07) is 66.9. The molecule has 2 aromatic heterocycles. The van der Waals surface area contributed by atoms with Gasteiger partial charge < -0.3 is 0 Å². The van der Waals surface area contributed by atoms with Crippen LogP contribution < -0.4 is 0 Å². The van der Waals surface area contributed by atoms with Crippen LogP contribution in [-0.4, -0.2) is 15.0 Å². The molecule has 256 valence electrons. The van der Waals surface area contributed by atoms with Gasteiger partial charge in [-0.3, -0.25) is 0 Å². The van der Waals surface area contributed by atoms with Gasteiger partial charge in [-0.25, -0.2) is 15.0 Å². The fraction of sp³-hybridized carbons (Fsp3) is 0. The quantitative estimate of drug-likeness (QED) is 0.166. The number of aromatic nitrogens is 3. The van der Waals surface area contributed by atoms with E-state index in [1.54, 1.807) is 0 Å². The van der Waals surface area contributed by atoms with E-state index in [2.05, 4.69) is 164 Å². The Morgan fingerprint density at radius 3 is 1.15 bits per heavy atom. The predicted molar refractivity (Wildman–Crippen MR) is 232 cm³/mol. The predicted octanol–water partition coefficient (Wildman–Crippen LogP) is 14.0. The second kappa shape index (κ2) is 12.8. The maximum atomic E-state index is 5.12. The van der Waals surface area contributed by atoms with Gasteiger partial charge in [0.1, 0.15) is 0 Å². The summed E-state index contributed by atoms with van der Waals surface area (Å²) in [5.41, 5.74) is 7.59. The highest BCUT2D eigenvalue weighted by Gasteiger charge is 2.16. The molecule has 2 heterocycles. The molecule has 0 N–H and O–H groups in total. The van der Waals surface area contributed by atoms with Crippen LogP contribution in [0.25, 0.3) is 109 Å². The van der Waals surface area contributed by atoms with Crippen molar-refractivity contribution in [2.75, 3.05) is 0 Å². The number of hydrogen-bond donors (Lipinski definition) is 0. The first kappa shape index (κ1) is 31.5. The summed E-state index contributed by atoms with van der Waals surface area (Å²) in [4.78, 5) is 15.2. The third-order valence-corrected chi connectivity index (χ3v) is 11.9. The van der Waals surface area contributed by atoms with Gasteiger partial charge in [0.15, 0.2) is 17.5 Å². The summed E-state index contributed by atoms with van der Waals surface area (Å²) in [6.45, 7) is 0. The summed E-state index contributed by atoms with van der Waals surface area (Å²) in [6.07, 6.45) is 0. The lowest BCUT2D eigenvalue weighted by atomic mass is 9.93. The molecule has 4 heteroatoms. The molecule has 0 aliphatic carbocycles. The molecule has 0 spiro atoms. The normalized spacial score (nSPS) is 11.6. The first-order valence-corrected chi connectivity index (χ1v) is 19.3. The number of rotatable bonds is 5. The minimum atomic E-state index is 0.648. The van der Waals surface area contributed by atoms with Crippen LogP contribution in [0.3, 0.4) is 0 Å².